The highest BCUT2D eigenvalue weighted by atomic mass is 14.9. The molecule has 1 heteroatoms. The highest BCUT2D eigenvalue weighted by molar-refractivity contribution is 5.26. The monoisotopic (exact) mass is 245 g/mol. The van der Waals surface area contributed by atoms with Crippen molar-refractivity contribution in [2.75, 3.05) is 6.54 Å². The molecule has 0 aliphatic heterocycles. The lowest BCUT2D eigenvalue weighted by Gasteiger charge is -2.39. The van der Waals surface area contributed by atoms with Crippen LogP contribution in [-0.4, -0.2) is 12.1 Å². The Balaban J connectivity index is 1.86. The van der Waals surface area contributed by atoms with E-state index in [1.165, 1.54) is 31.4 Å². The summed E-state index contributed by atoms with van der Waals surface area (Å²) < 4.78 is 0. The molecule has 1 N–H and O–H groups in total. The summed E-state index contributed by atoms with van der Waals surface area (Å²) in [5.74, 6) is 1.77. The minimum atomic E-state index is 0.253. The van der Waals surface area contributed by atoms with Gasteiger partial charge in [-0.2, -0.15) is 0 Å². The largest absolute Gasteiger partial charge is 0.312 e. The van der Waals surface area contributed by atoms with E-state index in [-0.39, 0.29) is 5.54 Å². The standard InChI is InChI=1S/C17H27N/c1-13-7-5-6-8-14(13)11-15-9-10-16(15)12-18-17(2,3)4/h5-8,15-16,18H,9-12H2,1-4H3. The molecule has 0 heterocycles. The third kappa shape index (κ3) is 3.58. The van der Waals surface area contributed by atoms with Crippen LogP contribution in [0.15, 0.2) is 24.3 Å². The first-order valence-corrected chi connectivity index (χ1v) is 7.25. The molecule has 1 aromatic carbocycles. The fourth-order valence-electron chi connectivity index (χ4n) is 2.73. The average Bonchev–Trinajstić information content (AvgIpc) is 2.25. The minimum absolute atomic E-state index is 0.253. The number of rotatable bonds is 4. The lowest BCUT2D eigenvalue weighted by molar-refractivity contribution is 0.159. The van der Waals surface area contributed by atoms with Gasteiger partial charge in [0.1, 0.15) is 0 Å². The van der Waals surface area contributed by atoms with E-state index in [4.69, 9.17) is 0 Å². The first kappa shape index (κ1) is 13.6. The van der Waals surface area contributed by atoms with Crippen LogP contribution in [0.4, 0.5) is 0 Å². The maximum absolute atomic E-state index is 3.65. The predicted octanol–water partition coefficient (Wildman–Crippen LogP) is 3.95. The fourth-order valence-corrected chi connectivity index (χ4v) is 2.73. The molecule has 1 aliphatic carbocycles. The number of hydrogen-bond donors (Lipinski definition) is 1. The van der Waals surface area contributed by atoms with E-state index in [9.17, 15) is 0 Å². The molecule has 1 aromatic rings. The topological polar surface area (TPSA) is 12.0 Å². The van der Waals surface area contributed by atoms with Crippen LogP contribution in [0, 0.1) is 18.8 Å². The summed E-state index contributed by atoms with van der Waals surface area (Å²) >= 11 is 0. The zero-order chi connectivity index (χ0) is 13.2. The minimum Gasteiger partial charge on any atom is -0.312 e. The first-order valence-electron chi connectivity index (χ1n) is 7.25. The molecule has 2 atom stereocenters. The van der Waals surface area contributed by atoms with Gasteiger partial charge in [0.15, 0.2) is 0 Å². The smallest absolute Gasteiger partial charge is 0.00966 e. The summed E-state index contributed by atoms with van der Waals surface area (Å²) in [6.45, 7) is 10.2. The average molecular weight is 245 g/mol. The van der Waals surface area contributed by atoms with Gasteiger partial charge in [-0.3, -0.25) is 0 Å². The Morgan fingerprint density at radius 2 is 1.78 bits per heavy atom. The third-order valence-corrected chi connectivity index (χ3v) is 4.21. The van der Waals surface area contributed by atoms with Crippen LogP contribution >= 0.6 is 0 Å². The highest BCUT2D eigenvalue weighted by Gasteiger charge is 2.31. The summed E-state index contributed by atoms with van der Waals surface area (Å²) in [4.78, 5) is 0. The predicted molar refractivity (Wildman–Crippen MR) is 78.9 cm³/mol. The molecule has 0 bridgehead atoms. The quantitative estimate of drug-likeness (QED) is 0.847. The fraction of sp³-hybridized carbons (Fsp3) is 0.647. The number of nitrogens with one attached hydrogen (secondary N) is 1. The lowest BCUT2D eigenvalue weighted by atomic mass is 9.70. The first-order chi connectivity index (χ1) is 8.46. The number of aryl methyl sites for hydroxylation is 1. The van der Waals surface area contributed by atoms with Crippen molar-refractivity contribution in [1.82, 2.24) is 5.32 Å². The molecule has 0 aromatic heterocycles. The van der Waals surface area contributed by atoms with Gasteiger partial charge in [0.25, 0.3) is 0 Å². The number of hydrogen-bond acceptors (Lipinski definition) is 1. The maximum atomic E-state index is 3.65. The summed E-state index contributed by atoms with van der Waals surface area (Å²) in [6, 6.07) is 8.83. The SMILES string of the molecule is Cc1ccccc1CC1CCC1CNC(C)(C)C. The van der Waals surface area contributed by atoms with Gasteiger partial charge in [0, 0.05) is 5.54 Å². The molecule has 2 rings (SSSR count). The van der Waals surface area contributed by atoms with E-state index in [0.29, 0.717) is 0 Å². The summed E-state index contributed by atoms with van der Waals surface area (Å²) in [5, 5.41) is 3.65. The lowest BCUT2D eigenvalue weighted by Crippen LogP contribution is -2.44. The Kier molecular flexibility index (Phi) is 4.11. The van der Waals surface area contributed by atoms with Crippen LogP contribution in [0.1, 0.15) is 44.7 Å². The second kappa shape index (κ2) is 5.44. The van der Waals surface area contributed by atoms with Crippen molar-refractivity contribution in [3.05, 3.63) is 35.4 Å². The molecule has 0 saturated heterocycles. The molecular formula is C17H27N. The normalized spacial score (nSPS) is 23.8. The molecular weight excluding hydrogens is 218 g/mol. The Labute approximate surface area is 112 Å². The third-order valence-electron chi connectivity index (χ3n) is 4.21. The van der Waals surface area contributed by atoms with Crippen LogP contribution in [0.5, 0.6) is 0 Å². The van der Waals surface area contributed by atoms with Crippen molar-refractivity contribution in [3.8, 4) is 0 Å². The van der Waals surface area contributed by atoms with Crippen LogP contribution < -0.4 is 5.32 Å². The van der Waals surface area contributed by atoms with Gasteiger partial charge in [-0.25, -0.2) is 0 Å². The van der Waals surface area contributed by atoms with Crippen molar-refractivity contribution in [1.29, 1.82) is 0 Å². The van der Waals surface area contributed by atoms with Gasteiger partial charge in [-0.1, -0.05) is 24.3 Å². The highest BCUT2D eigenvalue weighted by Crippen LogP contribution is 2.37. The van der Waals surface area contributed by atoms with E-state index in [1.54, 1.807) is 5.56 Å². The number of benzene rings is 1. The van der Waals surface area contributed by atoms with E-state index in [1.807, 2.05) is 0 Å². The molecule has 0 spiro atoms. The van der Waals surface area contributed by atoms with Crippen molar-refractivity contribution in [3.63, 3.8) is 0 Å². The van der Waals surface area contributed by atoms with Crippen LogP contribution in [0.25, 0.3) is 0 Å². The van der Waals surface area contributed by atoms with Crippen molar-refractivity contribution >= 4 is 0 Å². The van der Waals surface area contributed by atoms with Crippen LogP contribution in [-0.2, 0) is 6.42 Å². The molecule has 18 heavy (non-hydrogen) atoms. The van der Waals surface area contributed by atoms with Crippen molar-refractivity contribution < 1.29 is 0 Å². The van der Waals surface area contributed by atoms with Gasteiger partial charge in [0.05, 0.1) is 0 Å². The molecule has 1 nitrogen and oxygen atoms in total. The van der Waals surface area contributed by atoms with Crippen molar-refractivity contribution in [2.45, 2.75) is 52.5 Å². The van der Waals surface area contributed by atoms with Gasteiger partial charge >= 0.3 is 0 Å². The zero-order valence-electron chi connectivity index (χ0n) is 12.3. The molecule has 1 aliphatic rings. The van der Waals surface area contributed by atoms with E-state index < -0.39 is 0 Å². The summed E-state index contributed by atoms with van der Waals surface area (Å²) in [5.41, 5.74) is 3.25. The Morgan fingerprint density at radius 1 is 1.11 bits per heavy atom. The van der Waals surface area contributed by atoms with E-state index >= 15 is 0 Å². The van der Waals surface area contributed by atoms with Gasteiger partial charge < -0.3 is 5.32 Å². The van der Waals surface area contributed by atoms with E-state index in [0.717, 1.165) is 11.8 Å². The Bertz CT molecular complexity index is 389. The summed E-state index contributed by atoms with van der Waals surface area (Å²) in [7, 11) is 0. The Hall–Kier alpha value is -0.820. The van der Waals surface area contributed by atoms with Gasteiger partial charge in [0.2, 0.25) is 0 Å². The van der Waals surface area contributed by atoms with E-state index in [2.05, 4.69) is 57.3 Å². The van der Waals surface area contributed by atoms with Crippen LogP contribution in [0.2, 0.25) is 0 Å². The molecule has 1 saturated carbocycles. The molecule has 1 fully saturated rings. The second-order valence-corrected chi connectivity index (χ2v) is 6.86. The summed E-state index contributed by atoms with van der Waals surface area (Å²) in [6.07, 6.45) is 4.08. The molecule has 0 amide bonds. The van der Waals surface area contributed by atoms with Gasteiger partial charge in [-0.15, -0.1) is 0 Å². The molecule has 2 unspecified atom stereocenters. The van der Waals surface area contributed by atoms with Gasteiger partial charge in [-0.05, 0) is 76.5 Å². The maximum Gasteiger partial charge on any atom is 0.00966 e. The molecule has 100 valence electrons. The molecule has 0 radical (unpaired) electrons. The van der Waals surface area contributed by atoms with Crippen molar-refractivity contribution in [2.24, 2.45) is 11.8 Å². The second-order valence-electron chi connectivity index (χ2n) is 6.86. The van der Waals surface area contributed by atoms with Crippen LogP contribution in [0.3, 0.4) is 0 Å². The Morgan fingerprint density at radius 3 is 2.33 bits per heavy atom. The zero-order valence-corrected chi connectivity index (χ0v) is 12.3.